The molecule has 2 unspecified atom stereocenters. The number of methoxy groups -OCH3 is 1. The van der Waals surface area contributed by atoms with E-state index in [0.717, 1.165) is 12.8 Å². The summed E-state index contributed by atoms with van der Waals surface area (Å²) in [5.74, 6) is -0.457. The number of nitrogens with one attached hydrogen (secondary N) is 1. The van der Waals surface area contributed by atoms with Crippen molar-refractivity contribution in [2.24, 2.45) is 5.92 Å². The fourth-order valence-electron chi connectivity index (χ4n) is 2.47. The van der Waals surface area contributed by atoms with E-state index in [2.05, 4.69) is 5.32 Å². The zero-order valence-corrected chi connectivity index (χ0v) is 16.0. The van der Waals surface area contributed by atoms with E-state index in [-0.39, 0.29) is 55.3 Å². The number of carbonyl (C=O) groups is 3. The molecule has 1 aliphatic heterocycles. The summed E-state index contributed by atoms with van der Waals surface area (Å²) < 4.78 is 10.3. The van der Waals surface area contributed by atoms with Crippen LogP contribution in [-0.2, 0) is 23.9 Å². The monoisotopic (exact) mass is 359 g/mol. The number of Topliss-reactive ketones (excluding diaryl/α,β-unsaturated/α-hetero) is 2. The number of ketones is 2. The quantitative estimate of drug-likeness (QED) is 0.746. The van der Waals surface area contributed by atoms with Crippen LogP contribution in [0.15, 0.2) is 0 Å². The zero-order valence-electron chi connectivity index (χ0n) is 16.0. The Labute approximate surface area is 150 Å². The van der Waals surface area contributed by atoms with Crippen LogP contribution >= 0.6 is 0 Å². The fraction of sp³-hybridized carbons (Fsp3) is 0.833. The van der Waals surface area contributed by atoms with Gasteiger partial charge in [0.2, 0.25) is 0 Å². The molecule has 0 aromatic carbocycles. The molecule has 2 N–H and O–H groups in total. The van der Waals surface area contributed by atoms with E-state index in [9.17, 15) is 14.4 Å². The van der Waals surface area contributed by atoms with Crippen LogP contribution < -0.4 is 5.32 Å². The van der Waals surface area contributed by atoms with E-state index < -0.39 is 5.97 Å². The summed E-state index contributed by atoms with van der Waals surface area (Å²) in [5.41, 5.74) is 0. The molecule has 0 aromatic rings. The van der Waals surface area contributed by atoms with Gasteiger partial charge in [-0.1, -0.05) is 27.7 Å². The lowest BCUT2D eigenvalue weighted by molar-refractivity contribution is -0.139. The Kier molecular flexibility index (Phi) is 12.3. The highest BCUT2D eigenvalue weighted by Gasteiger charge is 2.26. The predicted octanol–water partition coefficient (Wildman–Crippen LogP) is 1.82. The number of carbonyl (C=O) groups excluding carboxylic acids is 2. The molecule has 3 atom stereocenters. The standard InChI is InChI=1S/C12H21NO3.C6H12O3/c1-4-10-5-9(14)6-13-12(8(2)3)11(15)7-16-10;1-3-5(9-2)4-6(7)8/h8,10,12-13H,4-7H2,1-3H3;5H,3-4H2,1-2H3,(H,7,8)/t10?,12-;/m0./s1. The SMILES string of the molecule is CCC(CC(=O)O)OC.CCC1CC(=O)CN[C@@H](C(C)C)C(=O)CO1. The summed E-state index contributed by atoms with van der Waals surface area (Å²) in [6.07, 6.45) is 1.80. The average Bonchev–Trinajstić information content (AvgIpc) is 2.62. The lowest BCUT2D eigenvalue weighted by atomic mass is 10.0. The van der Waals surface area contributed by atoms with Gasteiger partial charge in [-0.25, -0.2) is 0 Å². The van der Waals surface area contributed by atoms with Crippen molar-refractivity contribution in [3.8, 4) is 0 Å². The molecule has 25 heavy (non-hydrogen) atoms. The topological polar surface area (TPSA) is 102 Å². The minimum Gasteiger partial charge on any atom is -0.481 e. The van der Waals surface area contributed by atoms with Crippen LogP contribution in [0.2, 0.25) is 0 Å². The van der Waals surface area contributed by atoms with Gasteiger partial charge in [0.1, 0.15) is 12.4 Å². The molecule has 146 valence electrons. The first-order valence-corrected chi connectivity index (χ1v) is 8.88. The number of hydrogen-bond donors (Lipinski definition) is 2. The number of hydrogen-bond acceptors (Lipinski definition) is 6. The van der Waals surface area contributed by atoms with Crippen molar-refractivity contribution < 1.29 is 29.0 Å². The maximum absolute atomic E-state index is 11.8. The summed E-state index contributed by atoms with van der Waals surface area (Å²) >= 11 is 0. The largest absolute Gasteiger partial charge is 0.481 e. The highest BCUT2D eigenvalue weighted by Crippen LogP contribution is 2.10. The van der Waals surface area contributed by atoms with Gasteiger partial charge in [0.15, 0.2) is 5.78 Å². The second-order valence-electron chi connectivity index (χ2n) is 6.52. The third kappa shape index (κ3) is 10.3. The lowest BCUT2D eigenvalue weighted by Crippen LogP contribution is -2.44. The van der Waals surface area contributed by atoms with Gasteiger partial charge in [-0.3, -0.25) is 14.4 Å². The molecular weight excluding hydrogens is 326 g/mol. The number of carboxylic acid groups (broad SMARTS) is 1. The van der Waals surface area contributed by atoms with Crippen molar-refractivity contribution in [3.05, 3.63) is 0 Å². The van der Waals surface area contributed by atoms with Gasteiger partial charge in [0.05, 0.1) is 31.2 Å². The van der Waals surface area contributed by atoms with Crippen LogP contribution in [0, 0.1) is 5.92 Å². The molecule has 0 amide bonds. The number of aliphatic carboxylic acids is 1. The van der Waals surface area contributed by atoms with E-state index in [1.165, 1.54) is 7.11 Å². The normalized spacial score (nSPS) is 23.1. The summed E-state index contributed by atoms with van der Waals surface area (Å²) in [6, 6.07) is -0.264. The Balaban J connectivity index is 0.000000547. The van der Waals surface area contributed by atoms with Crippen LogP contribution in [0.5, 0.6) is 0 Å². The molecule has 0 bridgehead atoms. The van der Waals surface area contributed by atoms with Gasteiger partial charge in [-0.2, -0.15) is 0 Å². The second-order valence-corrected chi connectivity index (χ2v) is 6.52. The van der Waals surface area contributed by atoms with Gasteiger partial charge >= 0.3 is 5.97 Å². The maximum Gasteiger partial charge on any atom is 0.305 e. The smallest absolute Gasteiger partial charge is 0.305 e. The third-order valence-corrected chi connectivity index (χ3v) is 4.10. The molecule has 1 fully saturated rings. The maximum atomic E-state index is 11.8. The minimum atomic E-state index is -0.802. The van der Waals surface area contributed by atoms with E-state index in [1.54, 1.807) is 0 Å². The van der Waals surface area contributed by atoms with Gasteiger partial charge in [0, 0.05) is 13.5 Å². The zero-order chi connectivity index (χ0) is 19.4. The number of rotatable bonds is 6. The second kappa shape index (κ2) is 13.0. The molecule has 0 radical (unpaired) electrons. The fourth-order valence-corrected chi connectivity index (χ4v) is 2.47. The molecule has 7 heteroatoms. The molecule has 7 nitrogen and oxygen atoms in total. The van der Waals surface area contributed by atoms with Crippen LogP contribution in [0.3, 0.4) is 0 Å². The highest BCUT2D eigenvalue weighted by atomic mass is 16.5. The minimum absolute atomic E-state index is 0.0446. The molecule has 0 aliphatic carbocycles. The molecule has 1 aliphatic rings. The highest BCUT2D eigenvalue weighted by molar-refractivity contribution is 5.87. The van der Waals surface area contributed by atoms with Gasteiger partial charge in [-0.05, 0) is 18.8 Å². The number of ether oxygens (including phenoxy) is 2. The van der Waals surface area contributed by atoms with Crippen molar-refractivity contribution in [3.63, 3.8) is 0 Å². The summed E-state index contributed by atoms with van der Waals surface area (Å²) in [7, 11) is 1.52. The summed E-state index contributed by atoms with van der Waals surface area (Å²) in [5, 5.41) is 11.3. The van der Waals surface area contributed by atoms with Crippen molar-refractivity contribution in [1.82, 2.24) is 5.32 Å². The lowest BCUT2D eigenvalue weighted by Gasteiger charge is -2.19. The van der Waals surface area contributed by atoms with E-state index in [4.69, 9.17) is 14.6 Å². The molecular formula is C18H33NO6. The molecule has 1 rings (SSSR count). The van der Waals surface area contributed by atoms with Crippen LogP contribution in [0.4, 0.5) is 0 Å². The molecule has 0 aromatic heterocycles. The molecule has 1 saturated heterocycles. The first-order valence-electron chi connectivity index (χ1n) is 8.88. The van der Waals surface area contributed by atoms with Crippen LogP contribution in [0.1, 0.15) is 53.4 Å². The van der Waals surface area contributed by atoms with Crippen LogP contribution in [-0.4, -0.2) is 61.2 Å². The number of carboxylic acids is 1. The Hall–Kier alpha value is -1.31. The Morgan fingerprint density at radius 3 is 2.40 bits per heavy atom. The van der Waals surface area contributed by atoms with Crippen molar-refractivity contribution in [2.75, 3.05) is 20.3 Å². The van der Waals surface area contributed by atoms with E-state index >= 15 is 0 Å². The average molecular weight is 359 g/mol. The Bertz CT molecular complexity index is 420. The Morgan fingerprint density at radius 2 is 2.00 bits per heavy atom. The van der Waals surface area contributed by atoms with Gasteiger partial charge in [-0.15, -0.1) is 0 Å². The molecule has 0 saturated carbocycles. The Morgan fingerprint density at radius 1 is 1.36 bits per heavy atom. The predicted molar refractivity (Wildman–Crippen MR) is 94.6 cm³/mol. The van der Waals surface area contributed by atoms with Gasteiger partial charge < -0.3 is 19.9 Å². The van der Waals surface area contributed by atoms with E-state index in [0.29, 0.717) is 6.42 Å². The third-order valence-electron chi connectivity index (χ3n) is 4.10. The van der Waals surface area contributed by atoms with Gasteiger partial charge in [0.25, 0.3) is 0 Å². The molecule has 1 heterocycles. The van der Waals surface area contributed by atoms with E-state index in [1.807, 2.05) is 27.7 Å². The summed E-state index contributed by atoms with van der Waals surface area (Å²) in [6.45, 7) is 8.19. The summed E-state index contributed by atoms with van der Waals surface area (Å²) in [4.78, 5) is 33.5. The van der Waals surface area contributed by atoms with Crippen molar-refractivity contribution in [2.45, 2.75) is 71.6 Å². The van der Waals surface area contributed by atoms with Crippen molar-refractivity contribution in [1.29, 1.82) is 0 Å². The first kappa shape index (κ1) is 23.7. The molecule has 0 spiro atoms. The van der Waals surface area contributed by atoms with Crippen molar-refractivity contribution >= 4 is 17.5 Å². The van der Waals surface area contributed by atoms with Crippen LogP contribution in [0.25, 0.3) is 0 Å². The first-order chi connectivity index (χ1) is 11.7.